The molecule has 0 aliphatic rings. The number of hydrogen-bond donors (Lipinski definition) is 0. The van der Waals surface area contributed by atoms with E-state index in [0.29, 0.717) is 17.9 Å². The van der Waals surface area contributed by atoms with Gasteiger partial charge in [-0.1, -0.05) is 0 Å². The Hall–Kier alpha value is -3.02. The summed E-state index contributed by atoms with van der Waals surface area (Å²) < 4.78 is 20.0. The zero-order chi connectivity index (χ0) is 16.3. The van der Waals surface area contributed by atoms with E-state index in [4.69, 9.17) is 18.3 Å². The largest absolute Gasteiger partial charge is 0.465 e. The highest BCUT2D eigenvalue weighted by atomic mass is 16.5. The van der Waals surface area contributed by atoms with E-state index in [-0.39, 0.29) is 13.2 Å². The predicted octanol–water partition coefficient (Wildman–Crippen LogP) is 3.08. The minimum atomic E-state index is -0.481. The third-order valence-electron chi connectivity index (χ3n) is 2.63. The second-order valence-corrected chi connectivity index (χ2v) is 4.39. The van der Waals surface area contributed by atoms with E-state index in [1.165, 1.54) is 36.8 Å². The van der Waals surface area contributed by atoms with Crippen LogP contribution in [0.15, 0.2) is 57.8 Å². The summed E-state index contributed by atoms with van der Waals surface area (Å²) in [5.74, 6) is 0.175. The number of esters is 2. The minimum absolute atomic E-state index is 0.163. The number of furan rings is 2. The van der Waals surface area contributed by atoms with Crippen LogP contribution >= 0.6 is 0 Å². The van der Waals surface area contributed by atoms with E-state index in [9.17, 15) is 9.59 Å². The molecule has 0 fully saturated rings. The number of carbonyl (C=O) groups excluding carboxylic acids is 2. The second kappa shape index (κ2) is 9.09. The fourth-order valence-corrected chi connectivity index (χ4v) is 1.57. The molecule has 0 saturated carbocycles. The van der Waals surface area contributed by atoms with Crippen LogP contribution in [0.4, 0.5) is 0 Å². The summed E-state index contributed by atoms with van der Waals surface area (Å²) >= 11 is 0. The molecule has 0 amide bonds. The summed E-state index contributed by atoms with van der Waals surface area (Å²) in [6.07, 6.45) is 9.03. The molecule has 0 aromatic carbocycles. The van der Waals surface area contributed by atoms with Crippen LogP contribution in [0.2, 0.25) is 0 Å². The molecular formula is C17H16O6. The fraction of sp³-hybridized carbons (Fsp3) is 0.176. The lowest BCUT2D eigenvalue weighted by Gasteiger charge is -2.02. The maximum Gasteiger partial charge on any atom is 0.330 e. The molecule has 0 spiro atoms. The van der Waals surface area contributed by atoms with E-state index in [1.54, 1.807) is 24.3 Å². The molecule has 2 heterocycles. The molecule has 0 atom stereocenters. The zero-order valence-electron chi connectivity index (χ0n) is 12.3. The van der Waals surface area contributed by atoms with Gasteiger partial charge in [-0.2, -0.15) is 0 Å². The Morgan fingerprint density at radius 1 is 0.870 bits per heavy atom. The molecule has 2 rings (SSSR count). The van der Waals surface area contributed by atoms with E-state index >= 15 is 0 Å². The standard InChI is InChI=1S/C17H16O6/c18-16(8-6-14-4-1-10-20-14)22-12-3-13-23-17(19)9-7-15-5-2-11-21-15/h1-2,4-11H,3,12-13H2/b8-6+,9-7+. The average Bonchev–Trinajstić information content (AvgIpc) is 3.24. The first-order valence-corrected chi connectivity index (χ1v) is 7.01. The molecule has 0 radical (unpaired) electrons. The molecule has 0 aliphatic carbocycles. The van der Waals surface area contributed by atoms with Crippen molar-refractivity contribution in [2.75, 3.05) is 13.2 Å². The van der Waals surface area contributed by atoms with Gasteiger partial charge in [0.15, 0.2) is 0 Å². The maximum absolute atomic E-state index is 11.4. The van der Waals surface area contributed by atoms with Crippen molar-refractivity contribution in [1.82, 2.24) is 0 Å². The zero-order valence-corrected chi connectivity index (χ0v) is 12.3. The maximum atomic E-state index is 11.4. The predicted molar refractivity (Wildman–Crippen MR) is 82.0 cm³/mol. The van der Waals surface area contributed by atoms with Gasteiger partial charge in [0.1, 0.15) is 11.5 Å². The van der Waals surface area contributed by atoms with Gasteiger partial charge in [0, 0.05) is 18.6 Å². The molecule has 2 aromatic heterocycles. The number of carbonyl (C=O) groups is 2. The molecule has 6 heteroatoms. The Bertz CT molecular complexity index is 591. The van der Waals surface area contributed by atoms with Crippen molar-refractivity contribution in [3.05, 3.63) is 60.5 Å². The minimum Gasteiger partial charge on any atom is -0.465 e. The summed E-state index contributed by atoms with van der Waals surface area (Å²) in [4.78, 5) is 22.8. The fourth-order valence-electron chi connectivity index (χ4n) is 1.57. The van der Waals surface area contributed by atoms with E-state index in [2.05, 4.69) is 0 Å². The van der Waals surface area contributed by atoms with E-state index < -0.39 is 11.9 Å². The first kappa shape index (κ1) is 16.4. The van der Waals surface area contributed by atoms with Gasteiger partial charge in [-0.25, -0.2) is 9.59 Å². The lowest BCUT2D eigenvalue weighted by atomic mass is 10.4. The van der Waals surface area contributed by atoms with Crippen LogP contribution in [0.1, 0.15) is 17.9 Å². The van der Waals surface area contributed by atoms with Crippen LogP contribution in [0.25, 0.3) is 12.2 Å². The van der Waals surface area contributed by atoms with Crippen LogP contribution in [-0.2, 0) is 19.1 Å². The van der Waals surface area contributed by atoms with E-state index in [1.807, 2.05) is 0 Å². The van der Waals surface area contributed by atoms with Crippen molar-refractivity contribution in [3.8, 4) is 0 Å². The molecule has 23 heavy (non-hydrogen) atoms. The number of hydrogen-bond acceptors (Lipinski definition) is 6. The third kappa shape index (κ3) is 6.52. The molecule has 6 nitrogen and oxygen atoms in total. The van der Waals surface area contributed by atoms with Crippen LogP contribution in [0.5, 0.6) is 0 Å². The molecule has 120 valence electrons. The summed E-state index contributed by atoms with van der Waals surface area (Å²) in [7, 11) is 0. The highest BCUT2D eigenvalue weighted by Crippen LogP contribution is 2.03. The third-order valence-corrected chi connectivity index (χ3v) is 2.63. The Morgan fingerprint density at radius 3 is 1.74 bits per heavy atom. The van der Waals surface area contributed by atoms with Gasteiger partial charge in [0.25, 0.3) is 0 Å². The molecule has 2 aromatic rings. The topological polar surface area (TPSA) is 78.9 Å². The van der Waals surface area contributed by atoms with Crippen LogP contribution in [0.3, 0.4) is 0 Å². The average molecular weight is 316 g/mol. The summed E-state index contributed by atoms with van der Waals surface area (Å²) in [5.41, 5.74) is 0. The Morgan fingerprint density at radius 2 is 1.35 bits per heavy atom. The van der Waals surface area contributed by atoms with Crippen LogP contribution < -0.4 is 0 Å². The summed E-state index contributed by atoms with van der Waals surface area (Å²) in [6, 6.07) is 6.89. The lowest BCUT2D eigenvalue weighted by Crippen LogP contribution is -2.08. The van der Waals surface area contributed by atoms with Crippen LogP contribution in [-0.4, -0.2) is 25.2 Å². The van der Waals surface area contributed by atoms with Crippen molar-refractivity contribution in [3.63, 3.8) is 0 Å². The second-order valence-electron chi connectivity index (χ2n) is 4.39. The number of rotatable bonds is 8. The van der Waals surface area contributed by atoms with Gasteiger partial charge in [-0.3, -0.25) is 0 Å². The van der Waals surface area contributed by atoms with Gasteiger partial charge in [-0.05, 0) is 36.4 Å². The van der Waals surface area contributed by atoms with Gasteiger partial charge in [-0.15, -0.1) is 0 Å². The highest BCUT2D eigenvalue weighted by molar-refractivity contribution is 5.87. The van der Waals surface area contributed by atoms with Gasteiger partial charge >= 0.3 is 11.9 Å². The first-order valence-electron chi connectivity index (χ1n) is 7.01. The normalized spacial score (nSPS) is 11.1. The monoisotopic (exact) mass is 316 g/mol. The van der Waals surface area contributed by atoms with Crippen molar-refractivity contribution in [2.45, 2.75) is 6.42 Å². The molecule has 0 saturated heterocycles. The van der Waals surface area contributed by atoms with E-state index in [0.717, 1.165) is 0 Å². The Kier molecular flexibility index (Phi) is 6.46. The Labute approximate surface area is 133 Å². The van der Waals surface area contributed by atoms with Gasteiger partial charge < -0.3 is 18.3 Å². The van der Waals surface area contributed by atoms with Crippen molar-refractivity contribution >= 4 is 24.1 Å². The van der Waals surface area contributed by atoms with Crippen molar-refractivity contribution in [2.24, 2.45) is 0 Å². The highest BCUT2D eigenvalue weighted by Gasteiger charge is 2.00. The van der Waals surface area contributed by atoms with Gasteiger partial charge in [0.05, 0.1) is 25.7 Å². The summed E-state index contributed by atoms with van der Waals surface area (Å²) in [6.45, 7) is 0.326. The lowest BCUT2D eigenvalue weighted by molar-refractivity contribution is -0.140. The Balaban J connectivity index is 1.55. The summed E-state index contributed by atoms with van der Waals surface area (Å²) in [5, 5.41) is 0. The molecule has 0 unspecified atom stereocenters. The quantitative estimate of drug-likeness (QED) is 0.423. The van der Waals surface area contributed by atoms with Gasteiger partial charge in [0.2, 0.25) is 0 Å². The van der Waals surface area contributed by atoms with Crippen molar-refractivity contribution in [1.29, 1.82) is 0 Å². The molecule has 0 aliphatic heterocycles. The molecule has 0 bridgehead atoms. The van der Waals surface area contributed by atoms with Crippen LogP contribution in [0, 0.1) is 0 Å². The van der Waals surface area contributed by atoms with Crippen molar-refractivity contribution < 1.29 is 27.9 Å². The molecular weight excluding hydrogens is 300 g/mol. The smallest absolute Gasteiger partial charge is 0.330 e. The SMILES string of the molecule is O=C(/C=C/c1ccco1)OCCCOC(=O)/C=C/c1ccco1. The number of ether oxygens (including phenoxy) is 2. The first-order chi connectivity index (χ1) is 11.2. The molecule has 0 N–H and O–H groups in total.